The monoisotopic (exact) mass is 392 g/mol. The normalized spacial score (nSPS) is 14.7. The topological polar surface area (TPSA) is 42.0 Å². The molecule has 1 amide bonds. The van der Waals surface area contributed by atoms with E-state index >= 15 is 0 Å². The first-order valence-electron chi connectivity index (χ1n) is 9.84. The van der Waals surface area contributed by atoms with E-state index in [1.165, 1.54) is 5.56 Å². The van der Waals surface area contributed by atoms with Crippen LogP contribution < -0.4 is 9.47 Å². The molecule has 5 heteroatoms. The lowest BCUT2D eigenvalue weighted by atomic mass is 10.2. The van der Waals surface area contributed by atoms with Gasteiger partial charge in [0.25, 0.3) is 0 Å². The summed E-state index contributed by atoms with van der Waals surface area (Å²) < 4.78 is 10.7. The maximum Gasteiger partial charge on any atom is 0.246 e. The van der Waals surface area contributed by atoms with E-state index in [1.807, 2.05) is 47.4 Å². The highest BCUT2D eigenvalue weighted by Gasteiger charge is 2.19. The third-order valence-corrected chi connectivity index (χ3v) is 4.92. The van der Waals surface area contributed by atoms with E-state index in [1.54, 1.807) is 19.3 Å². The molecular formula is C24H28N2O3. The summed E-state index contributed by atoms with van der Waals surface area (Å²) in [6.45, 7) is 8.25. The quantitative estimate of drug-likeness (QED) is 0.508. The molecule has 0 saturated carbocycles. The first-order chi connectivity index (χ1) is 14.2. The van der Waals surface area contributed by atoms with E-state index in [2.05, 4.69) is 23.6 Å². The summed E-state index contributed by atoms with van der Waals surface area (Å²) >= 11 is 0. The van der Waals surface area contributed by atoms with Gasteiger partial charge in [0.2, 0.25) is 5.91 Å². The summed E-state index contributed by atoms with van der Waals surface area (Å²) in [5.74, 6) is 1.72. The molecule has 0 spiro atoms. The van der Waals surface area contributed by atoms with Crippen molar-refractivity contribution in [2.24, 2.45) is 0 Å². The van der Waals surface area contributed by atoms with Crippen LogP contribution in [0.25, 0.3) is 6.08 Å². The Morgan fingerprint density at radius 3 is 2.28 bits per heavy atom. The summed E-state index contributed by atoms with van der Waals surface area (Å²) in [6.07, 6.45) is 5.21. The molecular weight excluding hydrogens is 364 g/mol. The largest absolute Gasteiger partial charge is 0.497 e. The van der Waals surface area contributed by atoms with Crippen LogP contribution in [0.2, 0.25) is 0 Å². The van der Waals surface area contributed by atoms with Gasteiger partial charge in [0.15, 0.2) is 0 Å². The fourth-order valence-corrected chi connectivity index (χ4v) is 3.22. The van der Waals surface area contributed by atoms with Gasteiger partial charge in [-0.15, -0.1) is 0 Å². The Bertz CT molecular complexity index is 820. The van der Waals surface area contributed by atoms with Crippen molar-refractivity contribution in [2.75, 3.05) is 39.9 Å². The molecule has 0 aromatic heterocycles. The van der Waals surface area contributed by atoms with Gasteiger partial charge in [-0.1, -0.05) is 36.9 Å². The van der Waals surface area contributed by atoms with Crippen molar-refractivity contribution >= 4 is 12.0 Å². The molecule has 1 aliphatic heterocycles. The Kier molecular flexibility index (Phi) is 7.47. The minimum Gasteiger partial charge on any atom is -0.497 e. The minimum absolute atomic E-state index is 0.0566. The average molecular weight is 392 g/mol. The smallest absolute Gasteiger partial charge is 0.246 e. The molecule has 1 saturated heterocycles. The lowest BCUT2D eigenvalue weighted by Gasteiger charge is -2.34. The number of amides is 1. The first-order valence-corrected chi connectivity index (χ1v) is 9.84. The summed E-state index contributed by atoms with van der Waals surface area (Å²) in [4.78, 5) is 16.8. The van der Waals surface area contributed by atoms with Gasteiger partial charge in [-0.25, -0.2) is 0 Å². The Morgan fingerprint density at radius 1 is 1.00 bits per heavy atom. The van der Waals surface area contributed by atoms with E-state index in [0.717, 1.165) is 49.8 Å². The fourth-order valence-electron chi connectivity index (χ4n) is 3.22. The van der Waals surface area contributed by atoms with E-state index < -0.39 is 0 Å². The number of benzene rings is 2. The predicted octanol–water partition coefficient (Wildman–Crippen LogP) is 3.62. The standard InChI is InChI=1S/C24H28N2O3/c1-3-18-29-23-11-4-20(5-12-23)8-13-24(27)26-16-14-25(15-17-26)19-21-6-9-22(28-2)10-7-21/h3-13H,1,14-19H2,2H3/b13-8+. The molecule has 0 N–H and O–H groups in total. The number of carbonyl (C=O) groups is 1. The van der Waals surface area contributed by atoms with Crippen molar-refractivity contribution in [3.63, 3.8) is 0 Å². The number of ether oxygens (including phenoxy) is 2. The molecule has 0 radical (unpaired) electrons. The summed E-state index contributed by atoms with van der Waals surface area (Å²) in [6, 6.07) is 15.8. The highest BCUT2D eigenvalue weighted by atomic mass is 16.5. The second-order valence-electron chi connectivity index (χ2n) is 6.95. The Balaban J connectivity index is 1.45. The van der Waals surface area contributed by atoms with Crippen LogP contribution in [0.3, 0.4) is 0 Å². The van der Waals surface area contributed by atoms with Gasteiger partial charge < -0.3 is 14.4 Å². The Morgan fingerprint density at radius 2 is 1.66 bits per heavy atom. The highest BCUT2D eigenvalue weighted by Crippen LogP contribution is 2.15. The molecule has 2 aromatic rings. The second-order valence-corrected chi connectivity index (χ2v) is 6.95. The zero-order valence-electron chi connectivity index (χ0n) is 16.9. The van der Waals surface area contributed by atoms with Gasteiger partial charge in [0, 0.05) is 38.8 Å². The Hall–Kier alpha value is -3.05. The van der Waals surface area contributed by atoms with Crippen LogP contribution >= 0.6 is 0 Å². The maximum atomic E-state index is 12.5. The van der Waals surface area contributed by atoms with E-state index in [4.69, 9.17) is 9.47 Å². The van der Waals surface area contributed by atoms with Crippen molar-refractivity contribution in [3.05, 3.63) is 78.4 Å². The number of hydrogen-bond donors (Lipinski definition) is 0. The van der Waals surface area contributed by atoms with Gasteiger partial charge in [0.05, 0.1) is 7.11 Å². The van der Waals surface area contributed by atoms with Gasteiger partial charge in [0.1, 0.15) is 18.1 Å². The van der Waals surface area contributed by atoms with Gasteiger partial charge in [-0.05, 0) is 41.5 Å². The number of nitrogens with zero attached hydrogens (tertiary/aromatic N) is 2. The van der Waals surface area contributed by atoms with E-state index in [-0.39, 0.29) is 5.91 Å². The predicted molar refractivity (Wildman–Crippen MR) is 116 cm³/mol. The number of hydrogen-bond acceptors (Lipinski definition) is 4. The molecule has 0 unspecified atom stereocenters. The summed E-state index contributed by atoms with van der Waals surface area (Å²) in [5.41, 5.74) is 2.23. The lowest BCUT2D eigenvalue weighted by molar-refractivity contribution is -0.127. The Labute approximate surface area is 172 Å². The molecule has 0 atom stereocenters. The molecule has 0 aliphatic carbocycles. The van der Waals surface area contributed by atoms with Crippen LogP contribution in [0.4, 0.5) is 0 Å². The van der Waals surface area contributed by atoms with Gasteiger partial charge in [-0.2, -0.15) is 0 Å². The van der Waals surface area contributed by atoms with Crippen molar-refractivity contribution in [2.45, 2.75) is 6.54 Å². The zero-order chi connectivity index (χ0) is 20.5. The van der Waals surface area contributed by atoms with E-state index in [9.17, 15) is 4.79 Å². The fraction of sp³-hybridized carbons (Fsp3) is 0.292. The highest BCUT2D eigenvalue weighted by molar-refractivity contribution is 5.91. The van der Waals surface area contributed by atoms with E-state index in [0.29, 0.717) is 6.61 Å². The third-order valence-electron chi connectivity index (χ3n) is 4.92. The number of methoxy groups -OCH3 is 1. The van der Waals surface area contributed by atoms with Crippen molar-refractivity contribution in [1.82, 2.24) is 9.80 Å². The number of carbonyl (C=O) groups excluding carboxylic acids is 1. The van der Waals surface area contributed by atoms with Crippen molar-refractivity contribution < 1.29 is 14.3 Å². The SMILES string of the molecule is C=CCOc1ccc(/C=C/C(=O)N2CCN(Cc3ccc(OC)cc3)CC2)cc1. The molecule has 5 nitrogen and oxygen atoms in total. The van der Waals surface area contributed by atoms with Crippen LogP contribution in [0.5, 0.6) is 11.5 Å². The summed E-state index contributed by atoms with van der Waals surface area (Å²) in [5, 5.41) is 0. The molecule has 152 valence electrons. The number of piperazine rings is 1. The van der Waals surface area contributed by atoms with Crippen LogP contribution in [0, 0.1) is 0 Å². The zero-order valence-corrected chi connectivity index (χ0v) is 16.9. The first kappa shape index (κ1) is 20.7. The van der Waals surface area contributed by atoms with Crippen LogP contribution in [-0.4, -0.2) is 55.6 Å². The van der Waals surface area contributed by atoms with Crippen LogP contribution in [-0.2, 0) is 11.3 Å². The van der Waals surface area contributed by atoms with Crippen molar-refractivity contribution in [1.29, 1.82) is 0 Å². The molecule has 1 fully saturated rings. The minimum atomic E-state index is 0.0566. The molecule has 1 heterocycles. The van der Waals surface area contributed by atoms with Gasteiger partial charge in [-0.3, -0.25) is 9.69 Å². The van der Waals surface area contributed by atoms with Gasteiger partial charge >= 0.3 is 0 Å². The van der Waals surface area contributed by atoms with Crippen molar-refractivity contribution in [3.8, 4) is 11.5 Å². The maximum absolute atomic E-state index is 12.5. The molecule has 3 rings (SSSR count). The molecule has 2 aromatic carbocycles. The second kappa shape index (κ2) is 10.5. The third kappa shape index (κ3) is 6.22. The summed E-state index contributed by atoms with van der Waals surface area (Å²) in [7, 11) is 1.67. The molecule has 29 heavy (non-hydrogen) atoms. The van der Waals surface area contributed by atoms with Crippen LogP contribution in [0.1, 0.15) is 11.1 Å². The molecule has 0 bridgehead atoms. The number of rotatable bonds is 8. The molecule has 1 aliphatic rings. The average Bonchev–Trinajstić information content (AvgIpc) is 2.78. The van der Waals surface area contributed by atoms with Crippen LogP contribution in [0.15, 0.2) is 67.3 Å². The lowest BCUT2D eigenvalue weighted by Crippen LogP contribution is -2.47.